The van der Waals surface area contributed by atoms with Crippen LogP contribution in [0.5, 0.6) is 0 Å². The maximum atomic E-state index is 12.7. The molecule has 2 heterocycles. The van der Waals surface area contributed by atoms with Crippen LogP contribution in [0.1, 0.15) is 49.4 Å². The van der Waals surface area contributed by atoms with Crippen LogP contribution in [0.4, 0.5) is 5.00 Å². The number of carbonyl (C=O) groups is 2. The van der Waals surface area contributed by atoms with Crippen LogP contribution >= 0.6 is 11.3 Å². The van der Waals surface area contributed by atoms with E-state index < -0.39 is 21.3 Å². The summed E-state index contributed by atoms with van der Waals surface area (Å²) in [6.45, 7) is 2.79. The molecule has 1 aromatic heterocycles. The molecule has 0 spiro atoms. The molecule has 1 aromatic rings. The second-order valence-corrected chi connectivity index (χ2v) is 9.87. The van der Waals surface area contributed by atoms with Gasteiger partial charge in [-0.25, -0.2) is 8.42 Å². The zero-order chi connectivity index (χ0) is 17.5. The predicted octanol–water partition coefficient (Wildman–Crippen LogP) is 1.76. The lowest BCUT2D eigenvalue weighted by molar-refractivity contribution is -0.120. The number of sulfonamides is 1. The monoisotopic (exact) mass is 371 g/mol. The molecule has 9 heteroatoms. The smallest absolute Gasteiger partial charge is 0.252 e. The first-order valence-corrected chi connectivity index (χ1v) is 10.2. The second-order valence-electron chi connectivity index (χ2n) is 6.65. The Labute approximate surface area is 145 Å². The number of hydrogen-bond acceptors (Lipinski definition) is 5. The molecule has 132 valence electrons. The molecule has 0 aromatic carbocycles. The molecule has 1 saturated carbocycles. The summed E-state index contributed by atoms with van der Waals surface area (Å²) in [5, 5.41) is 2.90. The SMILES string of the molecule is CC1(C(=O)Nc2sc(S(=O)(=O)N3CCCCC3)cc2C(N)=O)CC1. The van der Waals surface area contributed by atoms with Crippen molar-refractivity contribution in [2.24, 2.45) is 11.1 Å². The zero-order valence-electron chi connectivity index (χ0n) is 13.5. The summed E-state index contributed by atoms with van der Waals surface area (Å²) < 4.78 is 27.0. The van der Waals surface area contributed by atoms with Gasteiger partial charge in [-0.05, 0) is 31.7 Å². The quantitative estimate of drug-likeness (QED) is 0.822. The van der Waals surface area contributed by atoms with E-state index in [0.29, 0.717) is 13.1 Å². The van der Waals surface area contributed by atoms with E-state index in [0.717, 1.165) is 43.4 Å². The number of primary amides is 1. The summed E-state index contributed by atoms with van der Waals surface area (Å²) in [7, 11) is -3.66. The number of hydrogen-bond donors (Lipinski definition) is 2. The van der Waals surface area contributed by atoms with Gasteiger partial charge in [0.15, 0.2) is 0 Å². The van der Waals surface area contributed by atoms with E-state index in [2.05, 4.69) is 5.32 Å². The van der Waals surface area contributed by atoms with Crippen LogP contribution in [0.15, 0.2) is 10.3 Å². The highest BCUT2D eigenvalue weighted by Gasteiger charge is 2.45. The number of nitrogens with one attached hydrogen (secondary N) is 1. The van der Waals surface area contributed by atoms with Crippen molar-refractivity contribution < 1.29 is 18.0 Å². The van der Waals surface area contributed by atoms with E-state index in [1.165, 1.54) is 10.4 Å². The minimum Gasteiger partial charge on any atom is -0.366 e. The fourth-order valence-corrected chi connectivity index (χ4v) is 5.71. The fourth-order valence-electron chi connectivity index (χ4n) is 2.67. The third kappa shape index (κ3) is 3.20. The average Bonchev–Trinajstić information content (AvgIpc) is 3.15. The topological polar surface area (TPSA) is 110 Å². The molecule has 2 amide bonds. The molecule has 2 fully saturated rings. The zero-order valence-corrected chi connectivity index (χ0v) is 15.1. The number of nitrogens with zero attached hydrogens (tertiary/aromatic N) is 1. The summed E-state index contributed by atoms with van der Waals surface area (Å²) in [6.07, 6.45) is 4.25. The van der Waals surface area contributed by atoms with Gasteiger partial charge >= 0.3 is 0 Å². The van der Waals surface area contributed by atoms with Crippen LogP contribution in [0, 0.1) is 5.41 Å². The van der Waals surface area contributed by atoms with Gasteiger partial charge in [-0.2, -0.15) is 4.31 Å². The van der Waals surface area contributed by atoms with Crippen LogP contribution < -0.4 is 11.1 Å². The van der Waals surface area contributed by atoms with E-state index in [9.17, 15) is 18.0 Å². The Bertz CT molecular complexity index is 775. The molecule has 24 heavy (non-hydrogen) atoms. The van der Waals surface area contributed by atoms with Gasteiger partial charge in [0, 0.05) is 18.5 Å². The Kier molecular flexibility index (Phi) is 4.43. The molecule has 7 nitrogen and oxygen atoms in total. The minimum absolute atomic E-state index is 0.0492. The fraction of sp³-hybridized carbons (Fsp3) is 0.600. The summed E-state index contributed by atoms with van der Waals surface area (Å²) in [5.41, 5.74) is 4.98. The van der Waals surface area contributed by atoms with Gasteiger partial charge in [0.25, 0.3) is 15.9 Å². The maximum absolute atomic E-state index is 12.7. The highest BCUT2D eigenvalue weighted by Crippen LogP contribution is 2.46. The van der Waals surface area contributed by atoms with E-state index in [1.807, 2.05) is 6.92 Å². The summed E-state index contributed by atoms with van der Waals surface area (Å²) in [4.78, 5) is 23.9. The Morgan fingerprint density at radius 1 is 1.25 bits per heavy atom. The number of carbonyl (C=O) groups excluding carboxylic acids is 2. The summed E-state index contributed by atoms with van der Waals surface area (Å²) in [6, 6.07) is 1.28. The Hall–Kier alpha value is -1.45. The molecule has 3 N–H and O–H groups in total. The lowest BCUT2D eigenvalue weighted by Crippen LogP contribution is -2.35. The van der Waals surface area contributed by atoms with E-state index >= 15 is 0 Å². The normalized spacial score (nSPS) is 20.5. The van der Waals surface area contributed by atoms with E-state index in [-0.39, 0.29) is 20.7 Å². The standard InChI is InChI=1S/C15H21N3O4S2/c1-15(5-6-15)14(20)17-13-10(12(16)19)9-11(23-13)24(21,22)18-7-3-2-4-8-18/h9H,2-8H2,1H3,(H2,16,19)(H,17,20). The van der Waals surface area contributed by atoms with Gasteiger partial charge in [0.2, 0.25) is 5.91 Å². The summed E-state index contributed by atoms with van der Waals surface area (Å²) in [5.74, 6) is -0.948. The van der Waals surface area contributed by atoms with Crippen molar-refractivity contribution in [2.75, 3.05) is 18.4 Å². The Morgan fingerprint density at radius 2 is 1.88 bits per heavy atom. The number of anilines is 1. The van der Waals surface area contributed by atoms with E-state index in [4.69, 9.17) is 5.73 Å². The molecule has 0 radical (unpaired) electrons. The van der Waals surface area contributed by atoms with Crippen molar-refractivity contribution in [1.82, 2.24) is 4.31 Å². The number of amides is 2. The van der Waals surface area contributed by atoms with E-state index in [1.54, 1.807) is 0 Å². The lowest BCUT2D eigenvalue weighted by Gasteiger charge is -2.25. The van der Waals surface area contributed by atoms with Crippen molar-refractivity contribution in [3.8, 4) is 0 Å². The molecule has 1 aliphatic heterocycles. The van der Waals surface area contributed by atoms with Crippen LogP contribution in [-0.4, -0.2) is 37.6 Å². The minimum atomic E-state index is -3.66. The first-order valence-electron chi connectivity index (χ1n) is 7.99. The van der Waals surface area contributed by atoms with Crippen molar-refractivity contribution >= 4 is 38.2 Å². The highest BCUT2D eigenvalue weighted by atomic mass is 32.2. The average molecular weight is 371 g/mol. The van der Waals surface area contributed by atoms with Gasteiger partial charge in [-0.15, -0.1) is 11.3 Å². The molecule has 1 aliphatic carbocycles. The van der Waals surface area contributed by atoms with Crippen molar-refractivity contribution in [2.45, 2.75) is 43.2 Å². The highest BCUT2D eigenvalue weighted by molar-refractivity contribution is 7.91. The van der Waals surface area contributed by atoms with Gasteiger partial charge < -0.3 is 11.1 Å². The predicted molar refractivity (Wildman–Crippen MR) is 91.4 cm³/mol. The molecular weight excluding hydrogens is 350 g/mol. The van der Waals surface area contributed by atoms with Crippen LogP contribution in [0.3, 0.4) is 0 Å². The van der Waals surface area contributed by atoms with Crippen LogP contribution in [0.25, 0.3) is 0 Å². The van der Waals surface area contributed by atoms with Crippen molar-refractivity contribution in [1.29, 1.82) is 0 Å². The van der Waals surface area contributed by atoms with Crippen molar-refractivity contribution in [3.05, 3.63) is 11.6 Å². The maximum Gasteiger partial charge on any atom is 0.252 e. The lowest BCUT2D eigenvalue weighted by atomic mass is 10.1. The molecule has 0 bridgehead atoms. The number of piperidine rings is 1. The summed E-state index contributed by atoms with van der Waals surface area (Å²) >= 11 is 0.898. The third-order valence-corrected chi connectivity index (χ3v) is 8.06. The Balaban J connectivity index is 1.90. The first kappa shape index (κ1) is 17.4. The van der Waals surface area contributed by atoms with Gasteiger partial charge in [0.05, 0.1) is 5.56 Å². The van der Waals surface area contributed by atoms with Crippen molar-refractivity contribution in [3.63, 3.8) is 0 Å². The first-order chi connectivity index (χ1) is 11.2. The van der Waals surface area contributed by atoms with Gasteiger partial charge in [-0.1, -0.05) is 13.3 Å². The molecule has 3 rings (SSSR count). The Morgan fingerprint density at radius 3 is 2.42 bits per heavy atom. The van der Waals surface area contributed by atoms with Crippen LogP contribution in [0.2, 0.25) is 0 Å². The molecule has 0 unspecified atom stereocenters. The molecular formula is C15H21N3O4S2. The largest absolute Gasteiger partial charge is 0.366 e. The molecule has 0 atom stereocenters. The second kappa shape index (κ2) is 6.12. The van der Waals surface area contributed by atoms with Crippen LogP contribution in [-0.2, 0) is 14.8 Å². The molecule has 1 saturated heterocycles. The molecule has 2 aliphatic rings. The van der Waals surface area contributed by atoms with Gasteiger partial charge in [0.1, 0.15) is 9.21 Å². The number of rotatable bonds is 5. The number of thiophene rings is 1. The third-order valence-electron chi connectivity index (χ3n) is 4.66. The van der Waals surface area contributed by atoms with Gasteiger partial charge in [-0.3, -0.25) is 9.59 Å². The number of nitrogens with two attached hydrogens (primary N) is 1.